The number of carbonyl (C=O) groups excluding carboxylic acids is 1. The average molecular weight is 351 g/mol. The van der Waals surface area contributed by atoms with Crippen LogP contribution in [0, 0.1) is 0 Å². The van der Waals surface area contributed by atoms with Gasteiger partial charge < -0.3 is 19.8 Å². The van der Waals surface area contributed by atoms with E-state index in [1.165, 1.54) is 18.3 Å². The Morgan fingerprint density at radius 3 is 2.57 bits per heavy atom. The van der Waals surface area contributed by atoms with Crippen LogP contribution in [0.2, 0.25) is 0 Å². The molecule has 0 radical (unpaired) electrons. The SMILES string of the molecule is O=C(Nc1cc2c(cc1Br)OCCO2)c1ccc(=O)[nH]c1. The van der Waals surface area contributed by atoms with E-state index in [0.29, 0.717) is 40.4 Å². The smallest absolute Gasteiger partial charge is 0.257 e. The van der Waals surface area contributed by atoms with Crippen LogP contribution in [-0.4, -0.2) is 24.1 Å². The molecule has 0 saturated heterocycles. The Labute approximate surface area is 128 Å². The number of hydrogen-bond donors (Lipinski definition) is 2. The molecule has 2 aromatic rings. The number of fused-ring (bicyclic) bond motifs is 1. The summed E-state index contributed by atoms with van der Waals surface area (Å²) in [7, 11) is 0. The van der Waals surface area contributed by atoms with Crippen molar-refractivity contribution in [1.82, 2.24) is 4.98 Å². The van der Waals surface area contributed by atoms with E-state index in [-0.39, 0.29) is 11.5 Å². The zero-order chi connectivity index (χ0) is 14.8. The Morgan fingerprint density at radius 1 is 1.19 bits per heavy atom. The standard InChI is InChI=1S/C14H11BrN2O4/c15-9-5-11-12(21-4-3-20-11)6-10(9)17-14(19)8-1-2-13(18)16-7-8/h1-2,5-7H,3-4H2,(H,16,18)(H,17,19). The van der Waals surface area contributed by atoms with E-state index < -0.39 is 0 Å². The molecular formula is C14H11BrN2O4. The summed E-state index contributed by atoms with van der Waals surface area (Å²) < 4.78 is 11.6. The molecule has 21 heavy (non-hydrogen) atoms. The zero-order valence-electron chi connectivity index (χ0n) is 10.8. The molecule has 0 bridgehead atoms. The number of aromatic nitrogens is 1. The van der Waals surface area contributed by atoms with E-state index in [9.17, 15) is 9.59 Å². The van der Waals surface area contributed by atoms with Crippen molar-refractivity contribution in [2.75, 3.05) is 18.5 Å². The van der Waals surface area contributed by atoms with Gasteiger partial charge in [-0.25, -0.2) is 0 Å². The first kappa shape index (κ1) is 13.7. The number of benzene rings is 1. The Bertz CT molecular complexity index is 737. The van der Waals surface area contributed by atoms with Crippen LogP contribution in [0.3, 0.4) is 0 Å². The molecule has 0 aliphatic carbocycles. The summed E-state index contributed by atoms with van der Waals surface area (Å²) in [5.41, 5.74) is 0.666. The van der Waals surface area contributed by atoms with Crippen molar-refractivity contribution in [3.05, 3.63) is 50.9 Å². The third-order valence-corrected chi connectivity index (χ3v) is 3.58. The first-order valence-corrected chi connectivity index (χ1v) is 7.02. The van der Waals surface area contributed by atoms with E-state index >= 15 is 0 Å². The molecule has 3 rings (SSSR count). The number of halogens is 1. The van der Waals surface area contributed by atoms with E-state index in [0.717, 1.165) is 0 Å². The first-order chi connectivity index (χ1) is 10.1. The van der Waals surface area contributed by atoms with Gasteiger partial charge in [0.25, 0.3) is 5.91 Å². The van der Waals surface area contributed by atoms with Crippen LogP contribution in [0.15, 0.2) is 39.7 Å². The minimum atomic E-state index is -0.330. The van der Waals surface area contributed by atoms with Gasteiger partial charge >= 0.3 is 0 Å². The van der Waals surface area contributed by atoms with Gasteiger partial charge in [0.05, 0.1) is 11.3 Å². The predicted octanol–water partition coefficient (Wildman–Crippen LogP) is 2.16. The highest BCUT2D eigenvalue weighted by Crippen LogP contribution is 2.38. The van der Waals surface area contributed by atoms with Crippen molar-refractivity contribution in [3.63, 3.8) is 0 Å². The molecule has 1 aromatic carbocycles. The number of rotatable bonds is 2. The lowest BCUT2D eigenvalue weighted by Gasteiger charge is -2.20. The average Bonchev–Trinajstić information content (AvgIpc) is 2.48. The number of hydrogen-bond acceptors (Lipinski definition) is 4. The largest absolute Gasteiger partial charge is 0.486 e. The lowest BCUT2D eigenvalue weighted by molar-refractivity contribution is 0.102. The number of nitrogens with one attached hydrogen (secondary N) is 2. The number of pyridine rings is 1. The summed E-state index contributed by atoms with van der Waals surface area (Å²) in [6.45, 7) is 0.977. The van der Waals surface area contributed by atoms with E-state index in [2.05, 4.69) is 26.2 Å². The normalized spacial score (nSPS) is 12.8. The number of ether oxygens (including phenoxy) is 2. The van der Waals surface area contributed by atoms with Crippen LogP contribution < -0.4 is 20.3 Å². The summed E-state index contributed by atoms with van der Waals surface area (Å²) in [5.74, 6) is 0.889. The molecule has 7 heteroatoms. The van der Waals surface area contributed by atoms with Gasteiger partial charge in [0.2, 0.25) is 5.56 Å². The highest BCUT2D eigenvalue weighted by Gasteiger charge is 2.16. The highest BCUT2D eigenvalue weighted by molar-refractivity contribution is 9.10. The van der Waals surface area contributed by atoms with Gasteiger partial charge in [0.1, 0.15) is 13.2 Å². The minimum Gasteiger partial charge on any atom is -0.486 e. The Balaban J connectivity index is 1.85. The first-order valence-electron chi connectivity index (χ1n) is 6.23. The third kappa shape index (κ3) is 2.92. The number of aromatic amines is 1. The van der Waals surface area contributed by atoms with Gasteiger partial charge in [-0.1, -0.05) is 0 Å². The maximum Gasteiger partial charge on any atom is 0.257 e. The molecule has 2 N–H and O–H groups in total. The van der Waals surface area contributed by atoms with Gasteiger partial charge in [-0.2, -0.15) is 0 Å². The quantitative estimate of drug-likeness (QED) is 0.869. The molecule has 0 saturated carbocycles. The second kappa shape index (κ2) is 5.61. The summed E-state index contributed by atoms with van der Waals surface area (Å²) in [4.78, 5) is 25.6. The van der Waals surface area contributed by atoms with E-state index in [1.54, 1.807) is 12.1 Å². The molecule has 0 spiro atoms. The van der Waals surface area contributed by atoms with Crippen molar-refractivity contribution in [1.29, 1.82) is 0 Å². The molecule has 0 atom stereocenters. The van der Waals surface area contributed by atoms with Crippen molar-refractivity contribution in [3.8, 4) is 11.5 Å². The van der Waals surface area contributed by atoms with Gasteiger partial charge in [-0.15, -0.1) is 0 Å². The number of anilines is 1. The molecule has 1 aromatic heterocycles. The summed E-state index contributed by atoms with van der Waals surface area (Å²) in [6.07, 6.45) is 1.36. The number of H-pyrrole nitrogens is 1. The van der Waals surface area contributed by atoms with Crippen molar-refractivity contribution < 1.29 is 14.3 Å². The van der Waals surface area contributed by atoms with Gasteiger partial charge in [0, 0.05) is 28.9 Å². The van der Waals surface area contributed by atoms with Crippen LogP contribution in [0.5, 0.6) is 11.5 Å². The van der Waals surface area contributed by atoms with Crippen LogP contribution in [-0.2, 0) is 0 Å². The predicted molar refractivity (Wildman–Crippen MR) is 80.1 cm³/mol. The molecule has 108 valence electrons. The van der Waals surface area contributed by atoms with Gasteiger partial charge in [0.15, 0.2) is 11.5 Å². The Hall–Kier alpha value is -2.28. The summed E-state index contributed by atoms with van der Waals surface area (Å²) in [6, 6.07) is 6.20. The fourth-order valence-electron chi connectivity index (χ4n) is 1.91. The third-order valence-electron chi connectivity index (χ3n) is 2.93. The molecule has 1 aliphatic heterocycles. The maximum absolute atomic E-state index is 12.1. The van der Waals surface area contributed by atoms with Crippen LogP contribution in [0.4, 0.5) is 5.69 Å². The maximum atomic E-state index is 12.1. The van der Waals surface area contributed by atoms with Crippen molar-refractivity contribution in [2.45, 2.75) is 0 Å². The molecule has 0 fully saturated rings. The molecule has 2 heterocycles. The second-order valence-electron chi connectivity index (χ2n) is 4.37. The number of amides is 1. The minimum absolute atomic E-state index is 0.257. The molecule has 0 unspecified atom stereocenters. The molecular weight excluding hydrogens is 340 g/mol. The summed E-state index contributed by atoms with van der Waals surface area (Å²) in [5, 5.41) is 2.75. The fourth-order valence-corrected chi connectivity index (χ4v) is 2.33. The van der Waals surface area contributed by atoms with Crippen molar-refractivity contribution >= 4 is 27.5 Å². The highest BCUT2D eigenvalue weighted by atomic mass is 79.9. The fraction of sp³-hybridized carbons (Fsp3) is 0.143. The van der Waals surface area contributed by atoms with Crippen LogP contribution >= 0.6 is 15.9 Å². The van der Waals surface area contributed by atoms with Gasteiger partial charge in [-0.3, -0.25) is 9.59 Å². The Morgan fingerprint density at radius 2 is 1.90 bits per heavy atom. The topological polar surface area (TPSA) is 80.4 Å². The molecule has 1 aliphatic rings. The van der Waals surface area contributed by atoms with Gasteiger partial charge in [-0.05, 0) is 22.0 Å². The summed E-state index contributed by atoms with van der Waals surface area (Å²) >= 11 is 3.38. The monoisotopic (exact) mass is 350 g/mol. The van der Waals surface area contributed by atoms with Crippen molar-refractivity contribution in [2.24, 2.45) is 0 Å². The Kier molecular flexibility index (Phi) is 3.66. The number of carbonyl (C=O) groups is 1. The second-order valence-corrected chi connectivity index (χ2v) is 5.23. The molecule has 6 nitrogen and oxygen atoms in total. The molecule has 1 amide bonds. The van der Waals surface area contributed by atoms with E-state index in [4.69, 9.17) is 9.47 Å². The zero-order valence-corrected chi connectivity index (χ0v) is 12.4. The lowest BCUT2D eigenvalue weighted by Crippen LogP contribution is -2.17. The van der Waals surface area contributed by atoms with Crippen LogP contribution in [0.25, 0.3) is 0 Å². The van der Waals surface area contributed by atoms with E-state index in [1.807, 2.05) is 0 Å². The lowest BCUT2D eigenvalue weighted by atomic mass is 10.2. The van der Waals surface area contributed by atoms with Crippen LogP contribution in [0.1, 0.15) is 10.4 Å².